The van der Waals surface area contributed by atoms with Crippen molar-refractivity contribution >= 4 is 5.91 Å². The van der Waals surface area contributed by atoms with Crippen LogP contribution in [0.4, 0.5) is 0 Å². The topological polar surface area (TPSA) is 64.8 Å². The second-order valence-corrected chi connectivity index (χ2v) is 6.95. The summed E-state index contributed by atoms with van der Waals surface area (Å²) in [5, 5.41) is 0. The Kier molecular flexibility index (Phi) is 4.24. The van der Waals surface area contributed by atoms with Gasteiger partial charge in [0.15, 0.2) is 17.4 Å². The Morgan fingerprint density at radius 3 is 2.79 bits per heavy atom. The van der Waals surface area contributed by atoms with E-state index < -0.39 is 0 Å². The molecule has 0 atom stereocenters. The lowest BCUT2D eigenvalue weighted by molar-refractivity contribution is 0.0717. The minimum Gasteiger partial charge on any atom is -0.486 e. The lowest BCUT2D eigenvalue weighted by atomic mass is 10.1. The van der Waals surface area contributed by atoms with Crippen LogP contribution in [0.25, 0.3) is 0 Å². The molecule has 0 saturated carbocycles. The number of hydrogen-bond donors (Lipinski definition) is 0. The Balaban J connectivity index is 1.35. The van der Waals surface area contributed by atoms with E-state index >= 15 is 0 Å². The molecule has 0 N–H and O–H groups in total. The summed E-state index contributed by atoms with van der Waals surface area (Å²) in [6, 6.07) is 15.5. The van der Waals surface area contributed by atoms with Crippen molar-refractivity contribution in [2.45, 2.75) is 19.4 Å². The van der Waals surface area contributed by atoms with E-state index in [4.69, 9.17) is 13.9 Å². The van der Waals surface area contributed by atoms with Crippen molar-refractivity contribution in [3.05, 3.63) is 77.0 Å². The third kappa shape index (κ3) is 3.11. The molecule has 0 radical (unpaired) electrons. The third-order valence-corrected chi connectivity index (χ3v) is 5.05. The van der Waals surface area contributed by atoms with E-state index in [1.54, 1.807) is 11.0 Å². The molecule has 1 amide bonds. The zero-order chi connectivity index (χ0) is 18.9. The molecule has 3 aromatic rings. The first-order valence-corrected chi connectivity index (χ1v) is 9.47. The fourth-order valence-electron chi connectivity index (χ4n) is 3.68. The van der Waals surface area contributed by atoms with Crippen LogP contribution in [0, 0.1) is 0 Å². The summed E-state index contributed by atoms with van der Waals surface area (Å²) in [7, 11) is 0. The van der Waals surface area contributed by atoms with Gasteiger partial charge in [-0.2, -0.15) is 0 Å². The second-order valence-electron chi connectivity index (χ2n) is 6.95. The molecule has 0 fully saturated rings. The molecule has 2 aliphatic heterocycles. The van der Waals surface area contributed by atoms with Crippen LogP contribution in [0.1, 0.15) is 33.3 Å². The van der Waals surface area contributed by atoms with Gasteiger partial charge in [-0.25, -0.2) is 4.98 Å². The molecule has 0 bridgehead atoms. The van der Waals surface area contributed by atoms with Gasteiger partial charge in [0.25, 0.3) is 5.91 Å². The minimum atomic E-state index is -0.0689. The number of carbonyl (C=O) groups is 1. The molecular formula is C22H20N2O4. The fourth-order valence-corrected chi connectivity index (χ4v) is 3.68. The maximum atomic E-state index is 13.1. The van der Waals surface area contributed by atoms with E-state index in [-0.39, 0.29) is 5.91 Å². The van der Waals surface area contributed by atoms with Gasteiger partial charge in [-0.05, 0) is 17.7 Å². The number of rotatable bonds is 3. The zero-order valence-corrected chi connectivity index (χ0v) is 15.4. The van der Waals surface area contributed by atoms with Crippen molar-refractivity contribution in [2.24, 2.45) is 0 Å². The van der Waals surface area contributed by atoms with Crippen molar-refractivity contribution in [3.8, 4) is 11.5 Å². The van der Waals surface area contributed by atoms with Gasteiger partial charge < -0.3 is 18.8 Å². The maximum Gasteiger partial charge on any atom is 0.258 e. The van der Waals surface area contributed by atoms with Gasteiger partial charge >= 0.3 is 0 Å². The van der Waals surface area contributed by atoms with Gasteiger partial charge in [-0.15, -0.1) is 0 Å². The first-order chi connectivity index (χ1) is 13.8. The molecule has 142 valence electrons. The molecule has 5 rings (SSSR count). The second kappa shape index (κ2) is 7.03. The molecule has 6 heteroatoms. The van der Waals surface area contributed by atoms with Crippen molar-refractivity contribution in [3.63, 3.8) is 0 Å². The first kappa shape index (κ1) is 16.9. The van der Waals surface area contributed by atoms with Crippen LogP contribution >= 0.6 is 0 Å². The maximum absolute atomic E-state index is 13.1. The largest absolute Gasteiger partial charge is 0.486 e. The number of carbonyl (C=O) groups excluding carboxylic acids is 1. The first-order valence-electron chi connectivity index (χ1n) is 9.47. The van der Waals surface area contributed by atoms with Crippen LogP contribution in [-0.2, 0) is 19.4 Å². The average Bonchev–Trinajstić information content (AvgIpc) is 3.15. The zero-order valence-electron chi connectivity index (χ0n) is 15.4. The standard InChI is InChI=1S/C22H20N2O4/c25-22(16-7-4-8-19-21(16)27-12-11-26-19)24-10-9-18-17(14-24)23-20(28-18)13-15-5-2-1-3-6-15/h1-8H,9-14H2. The Bertz CT molecular complexity index is 1010. The molecule has 2 aromatic carbocycles. The SMILES string of the molecule is O=C(c1cccc2c1OCCO2)N1CCc2oc(Cc3ccccc3)nc2C1. The molecule has 6 nitrogen and oxygen atoms in total. The van der Waals surface area contributed by atoms with E-state index in [1.807, 2.05) is 30.3 Å². The van der Waals surface area contributed by atoms with Gasteiger partial charge in [-0.3, -0.25) is 4.79 Å². The predicted molar refractivity (Wildman–Crippen MR) is 102 cm³/mol. The Labute approximate surface area is 162 Å². The molecular weight excluding hydrogens is 356 g/mol. The fraction of sp³-hybridized carbons (Fsp3) is 0.273. The van der Waals surface area contributed by atoms with E-state index in [0.717, 1.165) is 17.0 Å². The number of benzene rings is 2. The monoisotopic (exact) mass is 376 g/mol. The van der Waals surface area contributed by atoms with Crippen LogP contribution in [0.2, 0.25) is 0 Å². The normalized spacial score (nSPS) is 15.2. The quantitative estimate of drug-likeness (QED) is 0.702. The summed E-state index contributed by atoms with van der Waals surface area (Å²) in [6.07, 6.45) is 1.31. The lowest BCUT2D eigenvalue weighted by Crippen LogP contribution is -2.36. The summed E-state index contributed by atoms with van der Waals surface area (Å²) in [5.74, 6) is 2.67. The molecule has 1 aromatic heterocycles. The summed E-state index contributed by atoms with van der Waals surface area (Å²) < 4.78 is 17.2. The minimum absolute atomic E-state index is 0.0689. The molecule has 0 spiro atoms. The van der Waals surface area contributed by atoms with Crippen molar-refractivity contribution in [1.29, 1.82) is 0 Å². The van der Waals surface area contributed by atoms with Gasteiger partial charge in [0.2, 0.25) is 0 Å². The molecule has 28 heavy (non-hydrogen) atoms. The number of para-hydroxylation sites is 1. The van der Waals surface area contributed by atoms with Gasteiger partial charge in [0, 0.05) is 19.4 Å². The van der Waals surface area contributed by atoms with Crippen LogP contribution in [0.3, 0.4) is 0 Å². The summed E-state index contributed by atoms with van der Waals surface area (Å²) in [4.78, 5) is 19.6. The molecule has 0 aliphatic carbocycles. The number of hydrogen-bond acceptors (Lipinski definition) is 5. The highest BCUT2D eigenvalue weighted by Crippen LogP contribution is 2.35. The van der Waals surface area contributed by atoms with Crippen LogP contribution in [-0.4, -0.2) is 35.5 Å². The lowest BCUT2D eigenvalue weighted by Gasteiger charge is -2.27. The number of nitrogens with zero attached hydrogens (tertiary/aromatic N) is 2. The highest BCUT2D eigenvalue weighted by Gasteiger charge is 2.29. The predicted octanol–water partition coefficient (Wildman–Crippen LogP) is 3.24. The Hall–Kier alpha value is -3.28. The van der Waals surface area contributed by atoms with Crippen molar-refractivity contribution in [2.75, 3.05) is 19.8 Å². The van der Waals surface area contributed by atoms with Crippen LogP contribution < -0.4 is 9.47 Å². The number of aromatic nitrogens is 1. The molecule has 2 aliphatic rings. The van der Waals surface area contributed by atoms with Crippen molar-refractivity contribution in [1.82, 2.24) is 9.88 Å². The summed E-state index contributed by atoms with van der Waals surface area (Å²) in [6.45, 7) is 1.99. The number of amides is 1. The molecule has 0 unspecified atom stereocenters. The van der Waals surface area contributed by atoms with Crippen molar-refractivity contribution < 1.29 is 18.7 Å². The number of ether oxygens (including phenoxy) is 2. The van der Waals surface area contributed by atoms with Crippen LogP contribution in [0.5, 0.6) is 11.5 Å². The Morgan fingerprint density at radius 2 is 1.89 bits per heavy atom. The Morgan fingerprint density at radius 1 is 1.04 bits per heavy atom. The van der Waals surface area contributed by atoms with Crippen LogP contribution in [0.15, 0.2) is 52.9 Å². The van der Waals surface area contributed by atoms with Gasteiger partial charge in [-0.1, -0.05) is 36.4 Å². The molecule has 3 heterocycles. The summed E-state index contributed by atoms with van der Waals surface area (Å²) in [5.41, 5.74) is 2.53. The smallest absolute Gasteiger partial charge is 0.258 e. The summed E-state index contributed by atoms with van der Waals surface area (Å²) >= 11 is 0. The van der Waals surface area contributed by atoms with Gasteiger partial charge in [0.05, 0.1) is 12.1 Å². The van der Waals surface area contributed by atoms with E-state index in [0.29, 0.717) is 62.1 Å². The van der Waals surface area contributed by atoms with E-state index in [1.165, 1.54) is 0 Å². The average molecular weight is 376 g/mol. The van der Waals surface area contributed by atoms with Gasteiger partial charge in [0.1, 0.15) is 24.7 Å². The van der Waals surface area contributed by atoms with E-state index in [9.17, 15) is 4.79 Å². The highest BCUT2D eigenvalue weighted by atomic mass is 16.6. The highest BCUT2D eigenvalue weighted by molar-refractivity contribution is 5.98. The van der Waals surface area contributed by atoms with E-state index in [2.05, 4.69) is 17.1 Å². The molecule has 0 saturated heterocycles. The number of fused-ring (bicyclic) bond motifs is 2. The third-order valence-electron chi connectivity index (χ3n) is 5.05. The number of oxazole rings is 1.